The average Bonchev–Trinajstić information content (AvgIpc) is 3.03. The highest BCUT2D eigenvalue weighted by Crippen LogP contribution is 2.18. The Hall–Kier alpha value is -2.69. The monoisotopic (exact) mass is 322 g/mol. The first-order valence-corrected chi connectivity index (χ1v) is 8.46. The van der Waals surface area contributed by atoms with Crippen molar-refractivity contribution in [1.82, 2.24) is 15.0 Å². The van der Waals surface area contributed by atoms with Crippen molar-refractivity contribution in [3.05, 3.63) is 48.0 Å². The number of aryl methyl sites for hydroxylation is 1. The Bertz CT molecular complexity index is 836. The molecule has 0 saturated heterocycles. The molecule has 1 N–H and O–H groups in total. The minimum atomic E-state index is 0.0405. The molecule has 0 aliphatic carbocycles. The van der Waals surface area contributed by atoms with Gasteiger partial charge in [-0.1, -0.05) is 32.4 Å². The topological polar surface area (TPSA) is 59.8 Å². The van der Waals surface area contributed by atoms with E-state index in [0.717, 1.165) is 41.7 Å². The number of hydrogen-bond donors (Lipinski definition) is 1. The Morgan fingerprint density at radius 2 is 1.79 bits per heavy atom. The predicted molar refractivity (Wildman–Crippen MR) is 96.4 cm³/mol. The number of amides is 1. The highest BCUT2D eigenvalue weighted by Gasteiger charge is 2.07. The molecule has 1 heterocycles. The molecule has 24 heavy (non-hydrogen) atoms. The van der Waals surface area contributed by atoms with Crippen LogP contribution in [0.5, 0.6) is 0 Å². The van der Waals surface area contributed by atoms with Crippen LogP contribution >= 0.6 is 0 Å². The van der Waals surface area contributed by atoms with Crippen molar-refractivity contribution in [2.24, 2.45) is 0 Å². The van der Waals surface area contributed by atoms with E-state index in [1.807, 2.05) is 30.3 Å². The molecule has 0 unspecified atom stereocenters. The van der Waals surface area contributed by atoms with Crippen LogP contribution < -0.4 is 5.32 Å². The van der Waals surface area contributed by atoms with Crippen molar-refractivity contribution >= 4 is 22.6 Å². The molecule has 0 aliphatic rings. The number of carbonyl (C=O) groups excluding carboxylic acids is 1. The van der Waals surface area contributed by atoms with E-state index in [2.05, 4.69) is 41.5 Å². The number of unbranched alkanes of at least 4 members (excludes halogenated alkanes) is 1. The van der Waals surface area contributed by atoms with Crippen LogP contribution in [0.15, 0.2) is 42.5 Å². The van der Waals surface area contributed by atoms with Gasteiger partial charge < -0.3 is 5.32 Å². The second-order valence-electron chi connectivity index (χ2n) is 5.86. The summed E-state index contributed by atoms with van der Waals surface area (Å²) in [7, 11) is 0. The molecule has 2 aromatic carbocycles. The summed E-state index contributed by atoms with van der Waals surface area (Å²) in [6, 6.07) is 13.8. The molecule has 124 valence electrons. The van der Waals surface area contributed by atoms with Gasteiger partial charge in [-0.05, 0) is 48.7 Å². The summed E-state index contributed by atoms with van der Waals surface area (Å²) in [6.45, 7) is 4.20. The summed E-state index contributed by atoms with van der Waals surface area (Å²) in [5, 5.41) is 11.9. The summed E-state index contributed by atoms with van der Waals surface area (Å²) < 4.78 is 0. The van der Waals surface area contributed by atoms with Gasteiger partial charge in [0.05, 0.1) is 5.69 Å². The molecular weight excluding hydrogens is 300 g/mol. The van der Waals surface area contributed by atoms with Gasteiger partial charge in [-0.3, -0.25) is 4.79 Å². The van der Waals surface area contributed by atoms with E-state index < -0.39 is 0 Å². The number of aromatic nitrogens is 3. The van der Waals surface area contributed by atoms with Gasteiger partial charge in [0.15, 0.2) is 0 Å². The number of hydrogen-bond acceptors (Lipinski definition) is 3. The number of benzene rings is 2. The molecule has 0 aliphatic heterocycles. The van der Waals surface area contributed by atoms with E-state index in [4.69, 9.17) is 0 Å². The molecule has 3 aromatic rings. The van der Waals surface area contributed by atoms with Crippen LogP contribution in [-0.4, -0.2) is 20.9 Å². The van der Waals surface area contributed by atoms with E-state index in [-0.39, 0.29) is 5.91 Å². The molecule has 0 bridgehead atoms. The highest BCUT2D eigenvalue weighted by atomic mass is 16.1. The first kappa shape index (κ1) is 16.2. The third-order valence-corrected chi connectivity index (χ3v) is 4.00. The van der Waals surface area contributed by atoms with Crippen molar-refractivity contribution in [2.75, 3.05) is 5.32 Å². The first-order valence-electron chi connectivity index (χ1n) is 8.46. The van der Waals surface area contributed by atoms with Gasteiger partial charge in [0.2, 0.25) is 5.91 Å². The summed E-state index contributed by atoms with van der Waals surface area (Å²) >= 11 is 0. The second kappa shape index (κ2) is 7.25. The third-order valence-electron chi connectivity index (χ3n) is 4.00. The number of anilines is 1. The fourth-order valence-electron chi connectivity index (χ4n) is 2.53. The maximum absolute atomic E-state index is 11.8. The van der Waals surface area contributed by atoms with Gasteiger partial charge in [-0.15, -0.1) is 10.2 Å². The molecule has 1 amide bonds. The maximum atomic E-state index is 11.8. The maximum Gasteiger partial charge on any atom is 0.224 e. The Morgan fingerprint density at radius 3 is 2.50 bits per heavy atom. The zero-order valence-electron chi connectivity index (χ0n) is 14.1. The molecule has 5 heteroatoms. The van der Waals surface area contributed by atoms with Crippen molar-refractivity contribution < 1.29 is 4.79 Å². The summed E-state index contributed by atoms with van der Waals surface area (Å²) in [5.74, 6) is 0.0405. The molecule has 0 fully saturated rings. The van der Waals surface area contributed by atoms with E-state index >= 15 is 0 Å². The highest BCUT2D eigenvalue weighted by molar-refractivity contribution is 5.92. The van der Waals surface area contributed by atoms with Gasteiger partial charge in [0, 0.05) is 12.1 Å². The minimum absolute atomic E-state index is 0.0405. The lowest BCUT2D eigenvalue weighted by Crippen LogP contribution is -2.10. The van der Waals surface area contributed by atoms with Gasteiger partial charge in [-0.25, -0.2) is 0 Å². The third kappa shape index (κ3) is 3.62. The molecule has 0 atom stereocenters. The molecule has 3 rings (SSSR count). The van der Waals surface area contributed by atoms with E-state index in [9.17, 15) is 4.79 Å². The van der Waals surface area contributed by atoms with Crippen LogP contribution in [0.25, 0.3) is 16.7 Å². The van der Waals surface area contributed by atoms with Crippen LogP contribution in [0.2, 0.25) is 0 Å². The number of rotatable bonds is 6. The molecule has 5 nitrogen and oxygen atoms in total. The second-order valence-corrected chi connectivity index (χ2v) is 5.86. The van der Waals surface area contributed by atoms with E-state index in [0.29, 0.717) is 6.42 Å². The molecule has 0 radical (unpaired) electrons. The Kier molecular flexibility index (Phi) is 4.89. The summed E-state index contributed by atoms with van der Waals surface area (Å²) in [5.41, 5.74) is 4.55. The molecular formula is C19H22N4O. The zero-order valence-corrected chi connectivity index (χ0v) is 14.1. The standard InChI is InChI=1S/C19H22N4O/c1-3-5-6-19(24)20-15-9-12-17-18(13-15)22-23(21-17)16-10-7-14(4-2)8-11-16/h7-13H,3-6H2,1-2H3,(H,20,24). The number of nitrogens with zero attached hydrogens (tertiary/aromatic N) is 3. The lowest BCUT2D eigenvalue weighted by atomic mass is 10.2. The molecule has 0 spiro atoms. The van der Waals surface area contributed by atoms with E-state index in [1.54, 1.807) is 4.80 Å². The van der Waals surface area contributed by atoms with Crippen LogP contribution in [-0.2, 0) is 11.2 Å². The Balaban J connectivity index is 1.81. The minimum Gasteiger partial charge on any atom is -0.326 e. The number of fused-ring (bicyclic) bond motifs is 1. The quantitative estimate of drug-likeness (QED) is 0.743. The normalized spacial score (nSPS) is 10.9. The predicted octanol–water partition coefficient (Wildman–Crippen LogP) is 4.11. The van der Waals surface area contributed by atoms with Crippen molar-refractivity contribution in [2.45, 2.75) is 39.5 Å². The zero-order chi connectivity index (χ0) is 16.9. The Morgan fingerprint density at radius 1 is 1.04 bits per heavy atom. The molecule has 1 aromatic heterocycles. The lowest BCUT2D eigenvalue weighted by molar-refractivity contribution is -0.116. The van der Waals surface area contributed by atoms with E-state index in [1.165, 1.54) is 5.56 Å². The molecule has 0 saturated carbocycles. The van der Waals surface area contributed by atoms with Crippen molar-refractivity contribution in [3.8, 4) is 5.69 Å². The van der Waals surface area contributed by atoms with Crippen molar-refractivity contribution in [1.29, 1.82) is 0 Å². The number of nitrogens with one attached hydrogen (secondary N) is 1. The lowest BCUT2D eigenvalue weighted by Gasteiger charge is -2.03. The van der Waals surface area contributed by atoms with Gasteiger partial charge >= 0.3 is 0 Å². The van der Waals surface area contributed by atoms with Crippen LogP contribution in [0.4, 0.5) is 5.69 Å². The van der Waals surface area contributed by atoms with Crippen LogP contribution in [0.1, 0.15) is 38.7 Å². The largest absolute Gasteiger partial charge is 0.326 e. The Labute approximate surface area is 141 Å². The summed E-state index contributed by atoms with van der Waals surface area (Å²) in [4.78, 5) is 13.5. The first-order chi connectivity index (χ1) is 11.7. The fourth-order valence-corrected chi connectivity index (χ4v) is 2.53. The fraction of sp³-hybridized carbons (Fsp3) is 0.316. The number of carbonyl (C=O) groups is 1. The van der Waals surface area contributed by atoms with Gasteiger partial charge in [0.25, 0.3) is 0 Å². The smallest absolute Gasteiger partial charge is 0.224 e. The summed E-state index contributed by atoms with van der Waals surface area (Å²) in [6.07, 6.45) is 3.47. The average molecular weight is 322 g/mol. The SMILES string of the molecule is CCCCC(=O)Nc1ccc2nn(-c3ccc(CC)cc3)nc2c1. The van der Waals surface area contributed by atoms with Crippen molar-refractivity contribution in [3.63, 3.8) is 0 Å². The van der Waals surface area contributed by atoms with Gasteiger partial charge in [0.1, 0.15) is 11.0 Å². The van der Waals surface area contributed by atoms with Gasteiger partial charge in [-0.2, -0.15) is 4.80 Å². The van der Waals surface area contributed by atoms with Crippen LogP contribution in [0.3, 0.4) is 0 Å². The van der Waals surface area contributed by atoms with Crippen LogP contribution in [0, 0.1) is 0 Å².